The number of pyridine rings is 1. The van der Waals surface area contributed by atoms with Gasteiger partial charge in [-0.25, -0.2) is 4.79 Å². The van der Waals surface area contributed by atoms with Gasteiger partial charge in [0.15, 0.2) is 0 Å². The number of ether oxygens (including phenoxy) is 2. The predicted octanol–water partition coefficient (Wildman–Crippen LogP) is 5.95. The van der Waals surface area contributed by atoms with Crippen molar-refractivity contribution >= 4 is 22.5 Å². The Kier molecular flexibility index (Phi) is 7.24. The Balaban J connectivity index is 1.09. The van der Waals surface area contributed by atoms with Crippen molar-refractivity contribution in [2.24, 2.45) is 11.8 Å². The van der Waals surface area contributed by atoms with E-state index in [1.54, 1.807) is 6.20 Å². The minimum Gasteiger partial charge on any atom is -0.455 e. The summed E-state index contributed by atoms with van der Waals surface area (Å²) in [5, 5.41) is 8.19. The van der Waals surface area contributed by atoms with Crippen LogP contribution in [0.5, 0.6) is 11.5 Å². The second kappa shape index (κ2) is 11.1. The highest BCUT2D eigenvalue weighted by atomic mass is 16.5. The summed E-state index contributed by atoms with van der Waals surface area (Å²) in [6.07, 6.45) is 9.59. The number of urea groups is 1. The third-order valence-electron chi connectivity index (χ3n) is 8.06. The number of hydrogen-bond donors (Lipinski definition) is 2. The van der Waals surface area contributed by atoms with Gasteiger partial charge in [0.05, 0.1) is 30.8 Å². The van der Waals surface area contributed by atoms with Gasteiger partial charge in [0.1, 0.15) is 11.5 Å². The summed E-state index contributed by atoms with van der Waals surface area (Å²) in [5.74, 6) is 2.88. The summed E-state index contributed by atoms with van der Waals surface area (Å²) >= 11 is 0. The maximum absolute atomic E-state index is 12.8. The number of hydrogen-bond acceptors (Lipinski definition) is 5. The molecule has 7 heteroatoms. The molecule has 6 rings (SSSR count). The molecule has 2 amide bonds. The number of anilines is 1. The fraction of sp³-hybridized carbons (Fsp3) is 0.467. The second-order valence-electron chi connectivity index (χ2n) is 10.6. The first-order chi connectivity index (χ1) is 18.2. The van der Waals surface area contributed by atoms with Crippen molar-refractivity contribution in [3.8, 4) is 11.5 Å². The predicted molar refractivity (Wildman–Crippen MR) is 145 cm³/mol. The molecule has 1 saturated heterocycles. The van der Waals surface area contributed by atoms with Crippen molar-refractivity contribution in [3.05, 3.63) is 60.4 Å². The van der Waals surface area contributed by atoms with Crippen LogP contribution in [0.25, 0.3) is 10.8 Å². The molecule has 2 heterocycles. The lowest BCUT2D eigenvalue weighted by molar-refractivity contribution is 0.0336. The van der Waals surface area contributed by atoms with Crippen LogP contribution in [0.2, 0.25) is 0 Å². The average molecular weight is 501 g/mol. The van der Waals surface area contributed by atoms with E-state index in [-0.39, 0.29) is 6.03 Å². The summed E-state index contributed by atoms with van der Waals surface area (Å²) in [4.78, 5) is 19.8. The normalized spacial score (nSPS) is 22.5. The number of morpholine rings is 1. The number of nitrogens with zero attached hydrogens (tertiary/aromatic N) is 2. The lowest BCUT2D eigenvalue weighted by Gasteiger charge is -2.26. The zero-order chi connectivity index (χ0) is 25.0. The molecule has 2 unspecified atom stereocenters. The summed E-state index contributed by atoms with van der Waals surface area (Å²) < 4.78 is 11.7. The fourth-order valence-electron chi connectivity index (χ4n) is 5.94. The van der Waals surface area contributed by atoms with Gasteiger partial charge in [0.25, 0.3) is 0 Å². The van der Waals surface area contributed by atoms with Crippen LogP contribution >= 0.6 is 0 Å². The SMILES string of the molecule is O=C(Nc1ccc(Oc2ccc(CN3CCOCC3)nc2)c2ccccc12)NC1CC1C1CCCCC1. The van der Waals surface area contributed by atoms with E-state index in [1.807, 2.05) is 48.5 Å². The number of carbonyl (C=O) groups is 1. The van der Waals surface area contributed by atoms with E-state index in [9.17, 15) is 4.79 Å². The number of rotatable bonds is 7. The first kappa shape index (κ1) is 24.2. The van der Waals surface area contributed by atoms with Crippen molar-refractivity contribution in [3.63, 3.8) is 0 Å². The molecular formula is C30H36N4O3. The van der Waals surface area contributed by atoms with Crippen LogP contribution in [0.1, 0.15) is 44.2 Å². The minimum absolute atomic E-state index is 0.123. The highest BCUT2D eigenvalue weighted by Gasteiger charge is 2.43. The van der Waals surface area contributed by atoms with Crippen molar-refractivity contribution in [2.45, 2.75) is 51.1 Å². The number of aromatic nitrogens is 1. The molecule has 2 aliphatic carbocycles. The molecule has 0 radical (unpaired) electrons. The van der Waals surface area contributed by atoms with Gasteiger partial charge in [-0.1, -0.05) is 56.4 Å². The Labute approximate surface area is 218 Å². The molecule has 7 nitrogen and oxygen atoms in total. The van der Waals surface area contributed by atoms with Gasteiger partial charge in [-0.05, 0) is 42.5 Å². The molecule has 0 bridgehead atoms. The van der Waals surface area contributed by atoms with Gasteiger partial charge < -0.3 is 20.1 Å². The zero-order valence-electron chi connectivity index (χ0n) is 21.3. The lowest BCUT2D eigenvalue weighted by atomic mass is 9.85. The standard InChI is InChI=1S/C30H36N4O3/c35-30(33-28-18-26(28)21-6-2-1-3-7-21)32-27-12-13-29(25-9-5-4-8-24(25)27)37-23-11-10-22(31-19-23)20-34-14-16-36-17-15-34/h4-5,8-13,19,21,26,28H,1-3,6-7,14-18,20H2,(H2,32,33,35). The molecule has 37 heavy (non-hydrogen) atoms. The fourth-order valence-corrected chi connectivity index (χ4v) is 5.94. The van der Waals surface area contributed by atoms with Crippen LogP contribution in [0, 0.1) is 11.8 Å². The molecular weight excluding hydrogens is 464 g/mol. The molecule has 2 aromatic carbocycles. The lowest BCUT2D eigenvalue weighted by Crippen LogP contribution is -2.35. The van der Waals surface area contributed by atoms with Crippen LogP contribution in [-0.4, -0.2) is 48.3 Å². The summed E-state index contributed by atoms with van der Waals surface area (Å²) in [5.41, 5.74) is 1.81. The van der Waals surface area contributed by atoms with E-state index in [2.05, 4.69) is 20.5 Å². The van der Waals surface area contributed by atoms with Crippen LogP contribution in [0.4, 0.5) is 10.5 Å². The Morgan fingerprint density at radius 1 is 1.00 bits per heavy atom. The molecule has 3 aliphatic rings. The third kappa shape index (κ3) is 5.89. The second-order valence-corrected chi connectivity index (χ2v) is 10.6. The summed E-state index contributed by atoms with van der Waals surface area (Å²) in [7, 11) is 0. The molecule has 3 aromatic rings. The summed E-state index contributed by atoms with van der Waals surface area (Å²) in [6, 6.07) is 16.0. The molecule has 3 fully saturated rings. The third-order valence-corrected chi connectivity index (χ3v) is 8.06. The van der Waals surface area contributed by atoms with E-state index in [0.717, 1.165) is 73.1 Å². The maximum Gasteiger partial charge on any atom is 0.319 e. The highest BCUT2D eigenvalue weighted by Crippen LogP contribution is 2.44. The molecule has 1 aromatic heterocycles. The highest BCUT2D eigenvalue weighted by molar-refractivity contribution is 6.04. The van der Waals surface area contributed by atoms with Gasteiger partial charge in [0, 0.05) is 36.4 Å². The molecule has 1 aliphatic heterocycles. The molecule has 194 valence electrons. The maximum atomic E-state index is 12.8. The Morgan fingerprint density at radius 2 is 1.81 bits per heavy atom. The monoisotopic (exact) mass is 500 g/mol. The quantitative estimate of drug-likeness (QED) is 0.419. The van der Waals surface area contributed by atoms with Gasteiger partial charge in [-0.3, -0.25) is 9.88 Å². The topological polar surface area (TPSA) is 75.7 Å². The largest absolute Gasteiger partial charge is 0.455 e. The Morgan fingerprint density at radius 3 is 2.59 bits per heavy atom. The molecule has 0 spiro atoms. The van der Waals surface area contributed by atoms with E-state index in [4.69, 9.17) is 9.47 Å². The minimum atomic E-state index is -0.123. The first-order valence-corrected chi connectivity index (χ1v) is 13.7. The van der Waals surface area contributed by atoms with Gasteiger partial charge in [-0.2, -0.15) is 0 Å². The number of fused-ring (bicyclic) bond motifs is 1. The van der Waals surface area contributed by atoms with Gasteiger partial charge >= 0.3 is 6.03 Å². The van der Waals surface area contributed by atoms with Crippen LogP contribution in [0.15, 0.2) is 54.7 Å². The van der Waals surface area contributed by atoms with E-state index in [0.29, 0.717) is 17.7 Å². The number of amides is 2. The molecule has 2 N–H and O–H groups in total. The van der Waals surface area contributed by atoms with Gasteiger partial charge in [-0.15, -0.1) is 0 Å². The smallest absolute Gasteiger partial charge is 0.319 e. The van der Waals surface area contributed by atoms with E-state index >= 15 is 0 Å². The van der Waals surface area contributed by atoms with Crippen LogP contribution in [0.3, 0.4) is 0 Å². The Bertz CT molecular complexity index is 1220. The molecule has 2 atom stereocenters. The van der Waals surface area contributed by atoms with Crippen LogP contribution < -0.4 is 15.4 Å². The average Bonchev–Trinajstić information content (AvgIpc) is 3.71. The van der Waals surface area contributed by atoms with Crippen molar-refractivity contribution in [2.75, 3.05) is 31.6 Å². The van der Waals surface area contributed by atoms with E-state index < -0.39 is 0 Å². The first-order valence-electron chi connectivity index (χ1n) is 13.7. The van der Waals surface area contributed by atoms with E-state index in [1.165, 1.54) is 32.1 Å². The summed E-state index contributed by atoms with van der Waals surface area (Å²) in [6.45, 7) is 4.25. The van der Waals surface area contributed by atoms with Crippen molar-refractivity contribution < 1.29 is 14.3 Å². The van der Waals surface area contributed by atoms with Crippen molar-refractivity contribution in [1.29, 1.82) is 0 Å². The number of carbonyl (C=O) groups excluding carboxylic acids is 1. The van der Waals surface area contributed by atoms with Gasteiger partial charge in [0.2, 0.25) is 0 Å². The number of nitrogens with one attached hydrogen (secondary N) is 2. The molecule has 2 saturated carbocycles. The van der Waals surface area contributed by atoms with Crippen molar-refractivity contribution in [1.82, 2.24) is 15.2 Å². The van der Waals surface area contributed by atoms with Crippen LogP contribution in [-0.2, 0) is 11.3 Å². The Hall–Kier alpha value is -3.16. The zero-order valence-corrected chi connectivity index (χ0v) is 21.3. The number of benzene rings is 2.